The van der Waals surface area contributed by atoms with E-state index in [1.54, 1.807) is 0 Å². The Bertz CT molecular complexity index is 800. The number of aliphatic hydroxyl groups excluding tert-OH is 1. The maximum Gasteiger partial charge on any atom is 0.348 e. The maximum absolute atomic E-state index is 12.2. The molecule has 1 N–H and O–H groups in total. The van der Waals surface area contributed by atoms with E-state index in [0.29, 0.717) is 28.9 Å². The van der Waals surface area contributed by atoms with Crippen LogP contribution in [0.5, 0.6) is 0 Å². The first-order chi connectivity index (χ1) is 11.1. The molecular formula is C16H17ClN2O4. The van der Waals surface area contributed by atoms with Gasteiger partial charge in [-0.1, -0.05) is 30.3 Å². The first-order valence-electron chi connectivity index (χ1n) is 7.43. The van der Waals surface area contributed by atoms with E-state index in [4.69, 9.17) is 21.6 Å². The minimum absolute atomic E-state index is 0.0946. The molecule has 0 spiro atoms. The van der Waals surface area contributed by atoms with Crippen molar-refractivity contribution in [3.63, 3.8) is 0 Å². The molecule has 3 rings (SSSR count). The van der Waals surface area contributed by atoms with Crippen molar-refractivity contribution in [2.75, 3.05) is 6.61 Å². The zero-order valence-corrected chi connectivity index (χ0v) is 13.1. The van der Waals surface area contributed by atoms with Crippen LogP contribution in [0.4, 0.5) is 0 Å². The summed E-state index contributed by atoms with van der Waals surface area (Å²) >= 11 is 5.87. The van der Waals surface area contributed by atoms with Crippen molar-refractivity contribution in [1.82, 2.24) is 8.65 Å². The minimum Gasteiger partial charge on any atom is -0.394 e. The summed E-state index contributed by atoms with van der Waals surface area (Å²) in [6.07, 6.45) is 2.33. The van der Waals surface area contributed by atoms with Gasteiger partial charge in [0.1, 0.15) is 6.23 Å². The van der Waals surface area contributed by atoms with Gasteiger partial charge in [-0.15, -0.1) is 0 Å². The number of aromatic nitrogens is 2. The van der Waals surface area contributed by atoms with Gasteiger partial charge in [-0.2, -0.15) is 4.09 Å². The SMILES string of the molecule is O=c1c(Cc2ccccc2)cn([C@H]2CC[C@@H](CO)O2)c(=O)n1Cl. The predicted octanol–water partition coefficient (Wildman–Crippen LogP) is 1.27. The second-order valence-electron chi connectivity index (χ2n) is 5.57. The lowest BCUT2D eigenvalue weighted by Gasteiger charge is -2.16. The first kappa shape index (κ1) is 16.0. The molecule has 0 bridgehead atoms. The molecule has 1 aromatic carbocycles. The molecular weight excluding hydrogens is 320 g/mol. The summed E-state index contributed by atoms with van der Waals surface area (Å²) in [5.41, 5.74) is 0.222. The third kappa shape index (κ3) is 3.24. The highest BCUT2D eigenvalue weighted by Gasteiger charge is 2.28. The number of hydrogen-bond donors (Lipinski definition) is 1. The van der Waals surface area contributed by atoms with Crippen LogP contribution in [0.3, 0.4) is 0 Å². The Kier molecular flexibility index (Phi) is 4.66. The van der Waals surface area contributed by atoms with E-state index in [0.717, 1.165) is 5.56 Å². The predicted molar refractivity (Wildman–Crippen MR) is 85.7 cm³/mol. The number of benzene rings is 1. The van der Waals surface area contributed by atoms with Gasteiger partial charge in [0.25, 0.3) is 5.56 Å². The first-order valence-corrected chi connectivity index (χ1v) is 7.77. The summed E-state index contributed by atoms with van der Waals surface area (Å²) in [4.78, 5) is 24.4. The minimum atomic E-state index is -0.628. The third-order valence-corrected chi connectivity index (χ3v) is 4.27. The molecule has 1 saturated heterocycles. The van der Waals surface area contributed by atoms with E-state index in [1.807, 2.05) is 30.3 Å². The fourth-order valence-corrected chi connectivity index (χ4v) is 2.96. The Morgan fingerprint density at radius 3 is 2.61 bits per heavy atom. The Hall–Kier alpha value is -1.89. The van der Waals surface area contributed by atoms with Crippen LogP contribution in [0.15, 0.2) is 46.1 Å². The summed E-state index contributed by atoms with van der Waals surface area (Å²) in [6, 6.07) is 9.47. The Labute approximate surface area is 137 Å². The van der Waals surface area contributed by atoms with Gasteiger partial charge in [-0.3, -0.25) is 9.36 Å². The molecule has 0 saturated carbocycles. The molecule has 0 aliphatic carbocycles. The van der Waals surface area contributed by atoms with Crippen molar-refractivity contribution in [3.8, 4) is 0 Å². The van der Waals surface area contributed by atoms with E-state index in [-0.39, 0.29) is 12.7 Å². The lowest BCUT2D eigenvalue weighted by Crippen LogP contribution is -2.39. The fraction of sp³-hybridized carbons (Fsp3) is 0.375. The van der Waals surface area contributed by atoms with Gasteiger partial charge in [0.15, 0.2) is 0 Å². The van der Waals surface area contributed by atoms with Gasteiger partial charge in [-0.25, -0.2) is 4.79 Å². The summed E-state index contributed by atoms with van der Waals surface area (Å²) in [5, 5.41) is 9.15. The number of ether oxygens (including phenoxy) is 1. The number of rotatable bonds is 4. The molecule has 1 aliphatic heterocycles. The molecule has 7 heteroatoms. The van der Waals surface area contributed by atoms with Gasteiger partial charge in [0.05, 0.1) is 12.7 Å². The standard InChI is InChI=1S/C16H17ClN2O4/c17-19-15(21)12(8-11-4-2-1-3-5-11)9-18(16(19)22)14-7-6-13(10-20)23-14/h1-5,9,13-14,20H,6-8,10H2/t13-,14+/m0/s1. The molecule has 0 unspecified atom stereocenters. The summed E-state index contributed by atoms with van der Waals surface area (Å²) < 4.78 is 7.54. The van der Waals surface area contributed by atoms with Gasteiger partial charge >= 0.3 is 5.69 Å². The van der Waals surface area contributed by atoms with Crippen LogP contribution in [-0.2, 0) is 11.2 Å². The van der Waals surface area contributed by atoms with E-state index < -0.39 is 17.5 Å². The van der Waals surface area contributed by atoms with Crippen molar-refractivity contribution in [2.45, 2.75) is 31.6 Å². The summed E-state index contributed by atoms with van der Waals surface area (Å²) in [7, 11) is 0. The van der Waals surface area contributed by atoms with Crippen LogP contribution < -0.4 is 11.2 Å². The van der Waals surface area contributed by atoms with Crippen LogP contribution >= 0.6 is 11.8 Å². The average Bonchev–Trinajstić information content (AvgIpc) is 3.05. The van der Waals surface area contributed by atoms with Gasteiger partial charge in [0, 0.05) is 30.0 Å². The van der Waals surface area contributed by atoms with Crippen LogP contribution in [-0.4, -0.2) is 26.5 Å². The zero-order valence-electron chi connectivity index (χ0n) is 12.4. The quantitative estimate of drug-likeness (QED) is 0.912. The molecule has 6 nitrogen and oxygen atoms in total. The summed E-state index contributed by atoms with van der Waals surface area (Å²) in [5.74, 6) is 0. The van der Waals surface area contributed by atoms with E-state index in [1.165, 1.54) is 10.8 Å². The molecule has 23 heavy (non-hydrogen) atoms. The van der Waals surface area contributed by atoms with E-state index >= 15 is 0 Å². The average molecular weight is 337 g/mol. The van der Waals surface area contributed by atoms with Gasteiger partial charge < -0.3 is 9.84 Å². The number of halogens is 1. The van der Waals surface area contributed by atoms with Crippen LogP contribution in [0, 0.1) is 0 Å². The van der Waals surface area contributed by atoms with E-state index in [9.17, 15) is 9.59 Å². The number of aliphatic hydroxyl groups is 1. The van der Waals surface area contributed by atoms with Crippen molar-refractivity contribution >= 4 is 11.8 Å². The summed E-state index contributed by atoms with van der Waals surface area (Å²) in [6.45, 7) is -0.0946. The highest BCUT2D eigenvalue weighted by molar-refractivity contribution is 6.15. The number of hydrogen-bond acceptors (Lipinski definition) is 4. The van der Waals surface area contributed by atoms with Crippen LogP contribution in [0.25, 0.3) is 0 Å². The highest BCUT2D eigenvalue weighted by atomic mass is 35.5. The van der Waals surface area contributed by atoms with Crippen molar-refractivity contribution < 1.29 is 9.84 Å². The normalized spacial score (nSPS) is 20.8. The molecule has 1 fully saturated rings. The highest BCUT2D eigenvalue weighted by Crippen LogP contribution is 2.26. The van der Waals surface area contributed by atoms with Gasteiger partial charge in [0.2, 0.25) is 0 Å². The molecule has 2 atom stereocenters. The zero-order chi connectivity index (χ0) is 16.4. The lowest BCUT2D eigenvalue weighted by atomic mass is 10.1. The molecule has 2 aromatic rings. The van der Waals surface area contributed by atoms with E-state index in [2.05, 4.69) is 0 Å². The van der Waals surface area contributed by atoms with Crippen LogP contribution in [0.1, 0.15) is 30.2 Å². The Balaban J connectivity index is 1.98. The maximum atomic E-state index is 12.2. The molecule has 0 radical (unpaired) electrons. The number of nitrogens with zero attached hydrogens (tertiary/aromatic N) is 2. The topological polar surface area (TPSA) is 73.5 Å². The Morgan fingerprint density at radius 1 is 1.22 bits per heavy atom. The molecule has 1 aromatic heterocycles. The Morgan fingerprint density at radius 2 is 1.96 bits per heavy atom. The fourth-order valence-electron chi connectivity index (χ4n) is 2.76. The van der Waals surface area contributed by atoms with Crippen molar-refractivity contribution in [1.29, 1.82) is 0 Å². The monoisotopic (exact) mass is 336 g/mol. The second kappa shape index (κ2) is 6.70. The van der Waals surface area contributed by atoms with Crippen molar-refractivity contribution in [2.24, 2.45) is 0 Å². The smallest absolute Gasteiger partial charge is 0.348 e. The second-order valence-corrected chi connectivity index (χ2v) is 5.90. The molecule has 1 aliphatic rings. The molecule has 122 valence electrons. The third-order valence-electron chi connectivity index (χ3n) is 3.97. The molecule has 0 amide bonds. The van der Waals surface area contributed by atoms with Crippen LogP contribution in [0.2, 0.25) is 0 Å². The lowest BCUT2D eigenvalue weighted by molar-refractivity contribution is -0.0249. The largest absolute Gasteiger partial charge is 0.394 e. The molecule has 2 heterocycles. The van der Waals surface area contributed by atoms with Crippen molar-refractivity contribution in [3.05, 3.63) is 68.5 Å². The van der Waals surface area contributed by atoms with Gasteiger partial charge in [-0.05, 0) is 18.4 Å².